The van der Waals surface area contributed by atoms with Gasteiger partial charge in [0.15, 0.2) is 5.96 Å². The van der Waals surface area contributed by atoms with Crippen molar-refractivity contribution in [3.05, 3.63) is 11.4 Å². The van der Waals surface area contributed by atoms with Gasteiger partial charge in [0.1, 0.15) is 5.82 Å². The van der Waals surface area contributed by atoms with Crippen molar-refractivity contribution in [1.82, 2.24) is 5.32 Å². The molecule has 0 fully saturated rings. The average Bonchev–Trinajstić information content (AvgIpc) is 1.80. The number of hydrogen-bond acceptors (Lipinski definition) is 4. The summed E-state index contributed by atoms with van der Waals surface area (Å²) in [6.45, 7) is 2.53. The van der Waals surface area contributed by atoms with Crippen molar-refractivity contribution in [2.75, 3.05) is 6.54 Å². The summed E-state index contributed by atoms with van der Waals surface area (Å²) in [6, 6.07) is 0. The molecule has 4 nitrogen and oxygen atoms in total. The molecule has 0 aromatic heterocycles. The first kappa shape index (κ1) is 5.94. The fraction of sp³-hybridized carbons (Fsp3) is 0.400. The van der Waals surface area contributed by atoms with Gasteiger partial charge in [-0.15, -0.1) is 0 Å². The largest absolute Gasteiger partial charge is 0.385 e. The van der Waals surface area contributed by atoms with Gasteiger partial charge in [0.2, 0.25) is 0 Å². The number of hydrogen-bond donors (Lipinski definition) is 3. The fourth-order valence-electron chi connectivity index (χ4n) is 0.573. The predicted molar refractivity (Wildman–Crippen MR) is 36.5 cm³/mol. The van der Waals surface area contributed by atoms with E-state index in [4.69, 9.17) is 11.5 Å². The van der Waals surface area contributed by atoms with E-state index in [2.05, 4.69) is 10.3 Å². The normalized spacial score (nSPS) is 19.0. The molecule has 0 aromatic carbocycles. The van der Waals surface area contributed by atoms with Gasteiger partial charge in [-0.1, -0.05) is 0 Å². The molecule has 0 amide bonds. The highest BCUT2D eigenvalue weighted by Gasteiger charge is 2.03. The van der Waals surface area contributed by atoms with Crippen molar-refractivity contribution in [2.24, 2.45) is 16.5 Å². The Morgan fingerprint density at radius 1 is 1.56 bits per heavy atom. The van der Waals surface area contributed by atoms with Gasteiger partial charge in [-0.3, -0.25) is 0 Å². The number of rotatable bonds is 0. The molecule has 1 heterocycles. The molecule has 0 bridgehead atoms. The van der Waals surface area contributed by atoms with Crippen LogP contribution in [0.2, 0.25) is 0 Å². The second kappa shape index (κ2) is 1.97. The first-order valence-electron chi connectivity index (χ1n) is 2.72. The van der Waals surface area contributed by atoms with Gasteiger partial charge in [-0.2, -0.15) is 0 Å². The topological polar surface area (TPSA) is 76.4 Å². The van der Waals surface area contributed by atoms with Crippen LogP contribution in [0, 0.1) is 0 Å². The standard InChI is InChI=1S/C5H10N4/c1-3-2-8-5(7)9-4(3)6/h2,6H2,1H3,(H3,7,8,9). The summed E-state index contributed by atoms with van der Waals surface area (Å²) >= 11 is 0. The third-order valence-electron chi connectivity index (χ3n) is 1.21. The van der Waals surface area contributed by atoms with E-state index in [1.807, 2.05) is 6.92 Å². The molecule has 0 unspecified atom stereocenters. The molecule has 4 heteroatoms. The quantitative estimate of drug-likeness (QED) is 0.393. The molecular formula is C5H10N4. The molecule has 9 heavy (non-hydrogen) atoms. The molecular weight excluding hydrogens is 116 g/mol. The number of nitrogens with two attached hydrogens (primary N) is 2. The van der Waals surface area contributed by atoms with Gasteiger partial charge in [-0.05, 0) is 12.5 Å². The lowest BCUT2D eigenvalue weighted by Crippen LogP contribution is -2.38. The van der Waals surface area contributed by atoms with Gasteiger partial charge >= 0.3 is 0 Å². The van der Waals surface area contributed by atoms with Crippen LogP contribution in [0.3, 0.4) is 0 Å². The number of aliphatic imine (C=N–C) groups is 1. The van der Waals surface area contributed by atoms with E-state index in [0.29, 0.717) is 18.3 Å². The number of guanidine groups is 1. The first-order valence-corrected chi connectivity index (χ1v) is 2.72. The van der Waals surface area contributed by atoms with E-state index in [9.17, 15) is 0 Å². The van der Waals surface area contributed by atoms with Crippen molar-refractivity contribution in [1.29, 1.82) is 0 Å². The minimum atomic E-state index is 0.401. The average molecular weight is 126 g/mol. The molecule has 1 aliphatic heterocycles. The molecule has 0 saturated carbocycles. The Balaban J connectivity index is 2.70. The van der Waals surface area contributed by atoms with Crippen LogP contribution in [0.25, 0.3) is 0 Å². The van der Waals surface area contributed by atoms with Crippen LogP contribution in [0.1, 0.15) is 6.92 Å². The van der Waals surface area contributed by atoms with E-state index >= 15 is 0 Å². The lowest BCUT2D eigenvalue weighted by molar-refractivity contribution is 0.922. The lowest BCUT2D eigenvalue weighted by atomic mass is 10.3. The molecule has 0 aromatic rings. The molecule has 0 aliphatic carbocycles. The maximum absolute atomic E-state index is 5.48. The van der Waals surface area contributed by atoms with Crippen LogP contribution in [0.5, 0.6) is 0 Å². The summed E-state index contributed by atoms with van der Waals surface area (Å²) in [5.41, 5.74) is 11.8. The van der Waals surface area contributed by atoms with Gasteiger partial charge in [-0.25, -0.2) is 4.99 Å². The second-order valence-electron chi connectivity index (χ2n) is 2.02. The van der Waals surface area contributed by atoms with Crippen molar-refractivity contribution in [2.45, 2.75) is 6.92 Å². The highest BCUT2D eigenvalue weighted by atomic mass is 15.2. The Labute approximate surface area is 53.6 Å². The van der Waals surface area contributed by atoms with Crippen LogP contribution < -0.4 is 16.8 Å². The van der Waals surface area contributed by atoms with Gasteiger partial charge in [0.25, 0.3) is 0 Å². The van der Waals surface area contributed by atoms with Crippen LogP contribution >= 0.6 is 0 Å². The Morgan fingerprint density at radius 3 is 2.67 bits per heavy atom. The first-order chi connectivity index (χ1) is 4.20. The SMILES string of the molecule is CC1=C(N)NC(N)=NC1. The van der Waals surface area contributed by atoms with Crippen LogP contribution in [-0.4, -0.2) is 12.5 Å². The third kappa shape index (κ3) is 1.13. The zero-order chi connectivity index (χ0) is 6.85. The fourth-order valence-corrected chi connectivity index (χ4v) is 0.573. The molecule has 5 N–H and O–H groups in total. The van der Waals surface area contributed by atoms with Crippen molar-refractivity contribution >= 4 is 5.96 Å². The second-order valence-corrected chi connectivity index (χ2v) is 2.02. The van der Waals surface area contributed by atoms with E-state index in [1.54, 1.807) is 0 Å². The van der Waals surface area contributed by atoms with Crippen molar-refractivity contribution < 1.29 is 0 Å². The highest BCUT2D eigenvalue weighted by Crippen LogP contribution is 1.98. The van der Waals surface area contributed by atoms with E-state index in [1.165, 1.54) is 0 Å². The van der Waals surface area contributed by atoms with Crippen molar-refractivity contribution in [3.63, 3.8) is 0 Å². The van der Waals surface area contributed by atoms with E-state index < -0.39 is 0 Å². The molecule has 1 aliphatic rings. The molecule has 50 valence electrons. The van der Waals surface area contributed by atoms with Crippen molar-refractivity contribution in [3.8, 4) is 0 Å². The smallest absolute Gasteiger partial charge is 0.194 e. The van der Waals surface area contributed by atoms with E-state index in [0.717, 1.165) is 5.57 Å². The van der Waals surface area contributed by atoms with E-state index in [-0.39, 0.29) is 0 Å². The van der Waals surface area contributed by atoms with Crippen LogP contribution in [0.15, 0.2) is 16.4 Å². The summed E-state index contributed by atoms with van der Waals surface area (Å²) in [5.74, 6) is 1.03. The summed E-state index contributed by atoms with van der Waals surface area (Å²) in [4.78, 5) is 3.91. The Hall–Kier alpha value is -1.19. The molecule has 0 spiro atoms. The minimum absolute atomic E-state index is 0.401. The third-order valence-corrected chi connectivity index (χ3v) is 1.21. The van der Waals surface area contributed by atoms with Crippen LogP contribution in [-0.2, 0) is 0 Å². The predicted octanol–water partition coefficient (Wildman–Crippen LogP) is -0.905. The molecule has 0 radical (unpaired) electrons. The lowest BCUT2D eigenvalue weighted by Gasteiger charge is -2.13. The maximum Gasteiger partial charge on any atom is 0.194 e. The Morgan fingerprint density at radius 2 is 2.22 bits per heavy atom. The molecule has 1 rings (SSSR count). The van der Waals surface area contributed by atoms with Gasteiger partial charge < -0.3 is 16.8 Å². The minimum Gasteiger partial charge on any atom is -0.385 e. The number of nitrogens with one attached hydrogen (secondary N) is 1. The molecule has 0 atom stereocenters. The molecule has 0 saturated heterocycles. The zero-order valence-electron chi connectivity index (χ0n) is 5.31. The Kier molecular flexibility index (Phi) is 1.30. The highest BCUT2D eigenvalue weighted by molar-refractivity contribution is 5.80. The summed E-state index contributed by atoms with van der Waals surface area (Å²) in [6.07, 6.45) is 0. The number of nitrogens with zero attached hydrogens (tertiary/aromatic N) is 1. The van der Waals surface area contributed by atoms with Gasteiger partial charge in [0.05, 0.1) is 6.54 Å². The maximum atomic E-state index is 5.48. The van der Waals surface area contributed by atoms with Gasteiger partial charge in [0, 0.05) is 0 Å². The monoisotopic (exact) mass is 126 g/mol. The van der Waals surface area contributed by atoms with Crippen LogP contribution in [0.4, 0.5) is 0 Å². The summed E-state index contributed by atoms with van der Waals surface area (Å²) < 4.78 is 0. The Bertz CT molecular complexity index is 179. The zero-order valence-corrected chi connectivity index (χ0v) is 5.31. The summed E-state index contributed by atoms with van der Waals surface area (Å²) in [5, 5.41) is 2.71. The summed E-state index contributed by atoms with van der Waals surface area (Å²) in [7, 11) is 0.